The summed E-state index contributed by atoms with van der Waals surface area (Å²) in [5.41, 5.74) is 4.87. The van der Waals surface area contributed by atoms with E-state index in [0.29, 0.717) is 0 Å². The van der Waals surface area contributed by atoms with Crippen LogP contribution < -0.4 is 0 Å². The van der Waals surface area contributed by atoms with Gasteiger partial charge in [0.05, 0.1) is 22.6 Å². The third kappa shape index (κ3) is 4.24. The lowest BCUT2D eigenvalue weighted by molar-refractivity contribution is 0.426. The van der Waals surface area contributed by atoms with Crippen molar-refractivity contribution in [3.05, 3.63) is 0 Å². The molecule has 0 atom stereocenters. The molecule has 4 saturated carbocycles. The zero-order valence-electron chi connectivity index (χ0n) is 17.5. The molecule has 0 N–H and O–H groups in total. The van der Waals surface area contributed by atoms with Gasteiger partial charge in [0, 0.05) is 7.26 Å². The molecule has 4 fully saturated rings. The quantitative estimate of drug-likeness (QED) is 0.346. The van der Waals surface area contributed by atoms with Crippen LogP contribution in [0.15, 0.2) is 0 Å². The molecule has 0 aromatic heterocycles. The third-order valence-electron chi connectivity index (χ3n) is 8.83. The maximum Gasteiger partial charge on any atom is 0.0705 e. The fraction of sp³-hybridized carbons (Fsp3) is 1.00. The molecule has 0 nitrogen and oxygen atoms in total. The summed E-state index contributed by atoms with van der Waals surface area (Å²) in [5.74, 6) is 0. The highest BCUT2D eigenvalue weighted by Crippen LogP contribution is 2.81. The number of hydrogen-bond acceptors (Lipinski definition) is 0. The van der Waals surface area contributed by atoms with Crippen molar-refractivity contribution in [2.24, 2.45) is 0 Å². The van der Waals surface area contributed by atoms with Crippen molar-refractivity contribution in [3.8, 4) is 0 Å². The van der Waals surface area contributed by atoms with Gasteiger partial charge < -0.3 is 8.41 Å². The molecule has 0 unspecified atom stereocenters. The van der Waals surface area contributed by atoms with Gasteiger partial charge in [-0.1, -0.05) is 25.7 Å². The summed E-state index contributed by atoms with van der Waals surface area (Å²) in [7, 11) is -0.798. The highest BCUT2D eigenvalue weighted by atomic mass is 31.2. The Labute approximate surface area is 167 Å². The molecule has 148 valence electrons. The summed E-state index contributed by atoms with van der Waals surface area (Å²) < 4.78 is 0. The number of rotatable bonds is 4. The first-order valence-corrected chi connectivity index (χ1v) is 14.4. The Bertz CT molecular complexity index is 308. The normalized spacial score (nSPS) is 28.6. The monoisotopic (exact) mass is 374 g/mol. The molecule has 4 rings (SSSR count). The summed E-state index contributed by atoms with van der Waals surface area (Å²) in [5, 5.41) is 0. The molecule has 0 bridgehead atoms. The van der Waals surface area contributed by atoms with Crippen molar-refractivity contribution in [2.45, 2.75) is 151 Å². The van der Waals surface area contributed by atoms with E-state index in [2.05, 4.69) is 0 Å². The molecule has 0 amide bonds. The van der Waals surface area contributed by atoms with E-state index in [1.807, 2.05) is 0 Å². The van der Waals surface area contributed by atoms with Crippen LogP contribution >= 0.6 is 7.26 Å². The second-order valence-corrected chi connectivity index (χ2v) is 14.8. The SMILES string of the molecule is C1CCC([P+](C2CCCCC2)(C2CCCCC2)C2CCCCC2)CC1.[B-]. The lowest BCUT2D eigenvalue weighted by Gasteiger charge is -2.53. The maximum atomic E-state index is 1.65. The minimum Gasteiger partial charge on any atom is -1.00 e. The molecule has 0 aromatic carbocycles. The van der Waals surface area contributed by atoms with Gasteiger partial charge in [0.15, 0.2) is 0 Å². The Morgan fingerprint density at radius 1 is 0.308 bits per heavy atom. The van der Waals surface area contributed by atoms with Crippen molar-refractivity contribution in [3.63, 3.8) is 0 Å². The van der Waals surface area contributed by atoms with E-state index in [0.717, 1.165) is 0 Å². The van der Waals surface area contributed by atoms with E-state index in [9.17, 15) is 0 Å². The van der Waals surface area contributed by atoms with Crippen LogP contribution in [-0.2, 0) is 0 Å². The summed E-state index contributed by atoms with van der Waals surface area (Å²) in [6.45, 7) is 0. The molecule has 4 aliphatic carbocycles. The molecular weight excluding hydrogens is 330 g/mol. The lowest BCUT2D eigenvalue weighted by Crippen LogP contribution is -2.42. The first-order chi connectivity index (χ1) is 12.4. The zero-order valence-corrected chi connectivity index (χ0v) is 18.4. The second-order valence-electron chi connectivity index (χ2n) is 10.1. The van der Waals surface area contributed by atoms with Gasteiger partial charge in [-0.3, -0.25) is 0 Å². The van der Waals surface area contributed by atoms with E-state index >= 15 is 0 Å². The fourth-order valence-electron chi connectivity index (χ4n) is 7.90. The molecule has 0 aliphatic heterocycles. The van der Waals surface area contributed by atoms with Crippen LogP contribution in [0.3, 0.4) is 0 Å². The van der Waals surface area contributed by atoms with Crippen molar-refractivity contribution in [2.75, 3.05) is 0 Å². The minimum absolute atomic E-state index is 0. The Morgan fingerprint density at radius 3 is 0.692 bits per heavy atom. The molecule has 0 heterocycles. The van der Waals surface area contributed by atoms with E-state index in [-0.39, 0.29) is 8.41 Å². The first kappa shape index (κ1) is 21.2. The summed E-state index contributed by atoms with van der Waals surface area (Å²) in [6.07, 6.45) is 32.1. The smallest absolute Gasteiger partial charge is 0.0705 e. The average Bonchev–Trinajstić information content (AvgIpc) is 2.72. The van der Waals surface area contributed by atoms with Crippen LogP contribution in [0, 0.1) is 0 Å². The van der Waals surface area contributed by atoms with Crippen molar-refractivity contribution < 1.29 is 0 Å². The highest BCUT2D eigenvalue weighted by molar-refractivity contribution is 7.78. The Kier molecular flexibility index (Phi) is 8.42. The van der Waals surface area contributed by atoms with Crippen LogP contribution in [0.1, 0.15) is 128 Å². The molecule has 26 heavy (non-hydrogen) atoms. The van der Waals surface area contributed by atoms with Crippen molar-refractivity contribution >= 4 is 15.7 Å². The van der Waals surface area contributed by atoms with Gasteiger partial charge in [-0.25, -0.2) is 0 Å². The highest BCUT2D eigenvalue weighted by Gasteiger charge is 2.61. The van der Waals surface area contributed by atoms with E-state index in [4.69, 9.17) is 0 Å². The molecule has 2 heteroatoms. The molecule has 4 radical (unpaired) electrons. The van der Waals surface area contributed by atoms with Crippen LogP contribution in [0.4, 0.5) is 0 Å². The third-order valence-corrected chi connectivity index (χ3v) is 16.0. The van der Waals surface area contributed by atoms with Crippen LogP contribution in [0.2, 0.25) is 0 Å². The molecular formula is C24H44BP. The van der Waals surface area contributed by atoms with Gasteiger partial charge in [-0.15, -0.1) is 0 Å². The van der Waals surface area contributed by atoms with Gasteiger partial charge in [0.1, 0.15) is 0 Å². The van der Waals surface area contributed by atoms with Gasteiger partial charge in [-0.2, -0.15) is 0 Å². The predicted octanol–water partition coefficient (Wildman–Crippen LogP) is 7.95. The van der Waals surface area contributed by atoms with Crippen molar-refractivity contribution in [1.29, 1.82) is 0 Å². The van der Waals surface area contributed by atoms with Crippen molar-refractivity contribution in [1.82, 2.24) is 0 Å². The average molecular weight is 374 g/mol. The van der Waals surface area contributed by atoms with E-state index in [1.54, 1.807) is 128 Å². The Morgan fingerprint density at radius 2 is 0.500 bits per heavy atom. The van der Waals surface area contributed by atoms with Gasteiger partial charge in [-0.05, 0) is 103 Å². The van der Waals surface area contributed by atoms with Crippen LogP contribution in [0.5, 0.6) is 0 Å². The summed E-state index contributed by atoms with van der Waals surface area (Å²) >= 11 is 0. The number of hydrogen-bond donors (Lipinski definition) is 0. The van der Waals surface area contributed by atoms with E-state index in [1.165, 1.54) is 22.6 Å². The second kappa shape index (κ2) is 10.3. The minimum atomic E-state index is -0.798. The van der Waals surface area contributed by atoms with Gasteiger partial charge >= 0.3 is 0 Å². The molecule has 0 saturated heterocycles. The van der Waals surface area contributed by atoms with Gasteiger partial charge in [0.25, 0.3) is 0 Å². The largest absolute Gasteiger partial charge is 1.00 e. The van der Waals surface area contributed by atoms with Crippen LogP contribution in [0.25, 0.3) is 0 Å². The van der Waals surface area contributed by atoms with Gasteiger partial charge in [0.2, 0.25) is 0 Å². The molecule has 4 aliphatic rings. The Balaban J connectivity index is 0.00000196. The fourth-order valence-corrected chi connectivity index (χ4v) is 16.5. The zero-order chi connectivity index (χ0) is 17.0. The molecule has 0 aromatic rings. The molecule has 0 spiro atoms. The lowest BCUT2D eigenvalue weighted by atomic mass is 9.98. The Hall–Kier alpha value is 0.495. The first-order valence-electron chi connectivity index (χ1n) is 12.3. The standard InChI is InChI=1S/C24H44P.B/c1-5-13-21(14-6-1)25(22-15-7-2-8-16-22,23-17-9-3-10-18-23)24-19-11-4-12-20-24;/h21-24H,1-20H2;/q+1;-1. The summed E-state index contributed by atoms with van der Waals surface area (Å²) in [6, 6.07) is 0. The van der Waals surface area contributed by atoms with E-state index < -0.39 is 7.26 Å². The predicted molar refractivity (Wildman–Crippen MR) is 120 cm³/mol. The summed E-state index contributed by atoms with van der Waals surface area (Å²) in [4.78, 5) is 0. The maximum absolute atomic E-state index is 1.65. The topological polar surface area (TPSA) is 0 Å². The van der Waals surface area contributed by atoms with Crippen LogP contribution in [-0.4, -0.2) is 31.0 Å².